The van der Waals surface area contributed by atoms with Gasteiger partial charge in [0.1, 0.15) is 17.3 Å². The molecule has 5 rings (SSSR count). The van der Waals surface area contributed by atoms with Gasteiger partial charge in [-0.2, -0.15) is 8.90 Å². The quantitative estimate of drug-likeness (QED) is 0.0107. The number of carbonyl (C=O) groups is 2. The van der Waals surface area contributed by atoms with E-state index in [1.165, 1.54) is 30.3 Å². The summed E-state index contributed by atoms with van der Waals surface area (Å²) in [7, 11) is 0.273. The first-order valence-corrected chi connectivity index (χ1v) is 17.3. The highest BCUT2D eigenvalue weighted by molar-refractivity contribution is 7.94. The third kappa shape index (κ3) is 8.34. The monoisotopic (exact) mass is 717 g/mol. The van der Waals surface area contributed by atoms with E-state index in [2.05, 4.69) is 13.8 Å². The summed E-state index contributed by atoms with van der Waals surface area (Å²) in [6.07, 6.45) is 1.94. The number of carboxylic acid groups (broad SMARTS) is 1. The van der Waals surface area contributed by atoms with Crippen LogP contribution in [0.2, 0.25) is 0 Å². The predicted molar refractivity (Wildman–Crippen MR) is 182 cm³/mol. The van der Waals surface area contributed by atoms with Crippen LogP contribution in [-0.2, 0) is 29.4 Å². The van der Waals surface area contributed by atoms with Crippen molar-refractivity contribution in [2.24, 2.45) is 0 Å². The van der Waals surface area contributed by atoms with Crippen LogP contribution in [0.3, 0.4) is 0 Å². The molecule has 4 aromatic carbocycles. The Bertz CT molecular complexity index is 2140. The van der Waals surface area contributed by atoms with Gasteiger partial charge in [-0.3, -0.25) is 9.93 Å². The molecule has 0 amide bonds. The number of pyridine rings is 1. The van der Waals surface area contributed by atoms with Crippen molar-refractivity contribution in [2.75, 3.05) is 5.75 Å². The van der Waals surface area contributed by atoms with Crippen LogP contribution in [0.5, 0.6) is 11.5 Å². The zero-order valence-corrected chi connectivity index (χ0v) is 28.3. The number of nitrogens with zero attached hydrogens (tertiary/aromatic N) is 1. The van der Waals surface area contributed by atoms with Crippen molar-refractivity contribution in [3.63, 3.8) is 0 Å². The second-order valence-corrected chi connectivity index (χ2v) is 13.1. The largest absolute Gasteiger partial charge is 0.691 e. The van der Waals surface area contributed by atoms with Gasteiger partial charge in [0, 0.05) is 41.9 Å². The number of rotatable bonds is 14. The Balaban J connectivity index is 1.72. The summed E-state index contributed by atoms with van der Waals surface area (Å²) in [5, 5.41) is 34.0. The Morgan fingerprint density at radius 2 is 1.64 bits per heavy atom. The number of carboxylic acids is 1. The Hall–Kier alpha value is -4.73. The molecule has 0 aliphatic rings. The Labute approximate surface area is 291 Å². The highest BCUT2D eigenvalue weighted by Crippen LogP contribution is 2.47. The predicted octanol–water partition coefficient (Wildman–Crippen LogP) is 5.50. The molecule has 0 aliphatic carbocycles. The zero-order valence-electron chi connectivity index (χ0n) is 26.6. The highest BCUT2D eigenvalue weighted by atomic mass is 32.2. The summed E-state index contributed by atoms with van der Waals surface area (Å²) in [6, 6.07) is 20.9. The number of hydrogen-bond donors (Lipinski definition) is 3. The number of phosphoric acid groups is 1. The van der Waals surface area contributed by atoms with Crippen LogP contribution in [0, 0.1) is 13.8 Å². The van der Waals surface area contributed by atoms with Gasteiger partial charge in [-0.25, -0.2) is 14.2 Å². The molecule has 0 spiro atoms. The minimum Gasteiger partial charge on any atom is -0.691 e. The van der Waals surface area contributed by atoms with Gasteiger partial charge in [0.15, 0.2) is 6.54 Å². The number of aromatic nitrogens is 1. The molecular formula is C34H29BNO12PS. The van der Waals surface area contributed by atoms with Crippen molar-refractivity contribution >= 4 is 73.5 Å². The number of fused-ring (bicyclic) bond motifs is 2. The Morgan fingerprint density at radius 1 is 0.960 bits per heavy atom. The second-order valence-electron chi connectivity index (χ2n) is 11.0. The van der Waals surface area contributed by atoms with Crippen LogP contribution in [-0.4, -0.2) is 40.8 Å². The van der Waals surface area contributed by atoms with Crippen molar-refractivity contribution < 1.29 is 62.2 Å². The van der Waals surface area contributed by atoms with Gasteiger partial charge in [-0.15, -0.1) is 0 Å². The van der Waals surface area contributed by atoms with Gasteiger partial charge >= 0.3 is 27.8 Å². The molecule has 0 fully saturated rings. The fraction of sp³-hybridized carbons (Fsp3) is 0.147. The van der Waals surface area contributed by atoms with Gasteiger partial charge in [-0.05, 0) is 73.0 Å². The first-order valence-electron chi connectivity index (χ1n) is 14.9. The van der Waals surface area contributed by atoms with E-state index in [-0.39, 0.29) is 28.4 Å². The van der Waals surface area contributed by atoms with Crippen LogP contribution < -0.4 is 14.6 Å². The van der Waals surface area contributed by atoms with E-state index in [1.807, 2.05) is 10.6 Å². The topological polar surface area (TPSA) is 185 Å². The van der Waals surface area contributed by atoms with Gasteiger partial charge in [0.05, 0.1) is 21.9 Å². The molecule has 0 saturated carbocycles. The van der Waals surface area contributed by atoms with Crippen molar-refractivity contribution in [2.45, 2.75) is 26.8 Å². The molecule has 13 nitrogen and oxygen atoms in total. The maximum Gasteiger partial charge on any atom is 0.511 e. The van der Waals surface area contributed by atoms with Crippen LogP contribution >= 0.6 is 19.9 Å². The summed E-state index contributed by atoms with van der Waals surface area (Å²) in [6.45, 7) is 3.66. The average Bonchev–Trinajstić information content (AvgIpc) is 3.09. The molecule has 50 heavy (non-hydrogen) atoms. The first-order chi connectivity index (χ1) is 23.9. The summed E-state index contributed by atoms with van der Waals surface area (Å²) in [4.78, 5) is 35.9. The maximum atomic E-state index is 14.2. The first kappa shape index (κ1) is 36.6. The van der Waals surface area contributed by atoms with Crippen LogP contribution in [0.1, 0.15) is 49.4 Å². The number of phenolic OH excluding ortho intramolecular Hbond substituents is 1. The van der Waals surface area contributed by atoms with E-state index >= 15 is 0 Å². The molecule has 3 N–H and O–H groups in total. The number of phenols is 1. The minimum atomic E-state index is -4.78. The van der Waals surface area contributed by atoms with Gasteiger partial charge < -0.3 is 29.2 Å². The lowest BCUT2D eigenvalue weighted by atomic mass is 9.99. The number of aromatic carboxylic acids is 1. The van der Waals surface area contributed by atoms with Crippen molar-refractivity contribution in [3.8, 4) is 11.5 Å². The summed E-state index contributed by atoms with van der Waals surface area (Å²) in [5.74, 6) is -1.33. The Morgan fingerprint density at radius 3 is 2.30 bits per heavy atom. The lowest BCUT2D eigenvalue weighted by Crippen LogP contribution is -2.37. The summed E-state index contributed by atoms with van der Waals surface area (Å²) >= 11 is 0.827. The number of para-hydroxylation sites is 1. The highest BCUT2D eigenvalue weighted by Gasteiger charge is 2.29. The molecule has 256 valence electrons. The van der Waals surface area contributed by atoms with Crippen molar-refractivity contribution in [3.05, 3.63) is 112 Å². The molecule has 5 aromatic rings. The molecule has 16 heteroatoms. The lowest BCUT2D eigenvalue weighted by molar-refractivity contribution is -0.777. The minimum absolute atomic E-state index is 0.00868. The molecule has 0 bridgehead atoms. The van der Waals surface area contributed by atoms with Gasteiger partial charge in [0.25, 0.3) is 0 Å². The number of aryl methyl sites for hydroxylation is 3. The molecule has 1 atom stereocenters. The zero-order chi connectivity index (χ0) is 36.0. The van der Waals surface area contributed by atoms with Crippen LogP contribution in [0.25, 0.3) is 33.6 Å². The molecule has 1 aromatic heterocycles. The maximum absolute atomic E-state index is 14.2. The smallest absolute Gasteiger partial charge is 0.511 e. The van der Waals surface area contributed by atoms with E-state index in [4.69, 9.17) is 17.3 Å². The second kappa shape index (κ2) is 15.9. The lowest BCUT2D eigenvalue weighted by Gasteiger charge is -2.17. The number of carbonyl (C=O) groups excluding carboxylic acids is 1. The SMILES string of the molecule is [B]OP(=O)(O)O/C(=C\c1ccc(O)cc1)c1ccc2c(C(=O)Oc3c(C)cc(C(=O)O)cc3C)c3ccccc3[n+](CCCSOO[O-])c2c1. The number of ether oxygens (including phenoxy) is 1. The summed E-state index contributed by atoms with van der Waals surface area (Å²) < 4.78 is 34.4. The van der Waals surface area contributed by atoms with E-state index in [0.717, 1.165) is 12.0 Å². The number of phosphoric ester groups is 1. The van der Waals surface area contributed by atoms with Gasteiger partial charge in [0.2, 0.25) is 11.0 Å². The van der Waals surface area contributed by atoms with Crippen molar-refractivity contribution in [1.29, 1.82) is 0 Å². The molecule has 0 saturated heterocycles. The number of benzene rings is 4. The fourth-order valence-electron chi connectivity index (χ4n) is 5.52. The fourth-order valence-corrected chi connectivity index (χ4v) is 6.32. The molecule has 2 radical (unpaired) electrons. The standard InChI is InChI=1S/C34H29BNO12PS/c1-20-16-24(33(38)39)17-21(2)32(20)44-34(40)31-26-6-3-4-7-28(26)36(14-5-15-50-48-47-41)29-19-23(10-13-27(29)31)30(45-49(42,43)46-35)18-22-8-11-25(37)12-9-22/h3-4,6-13,16-19H,5,14-15H2,1-2H3,(H3,38,39,41,42,43). The average molecular weight is 717 g/mol. The molecular weight excluding hydrogens is 688 g/mol. The Kier molecular flexibility index (Phi) is 11.6. The summed E-state index contributed by atoms with van der Waals surface area (Å²) in [5.41, 5.74) is 3.10. The van der Waals surface area contributed by atoms with E-state index < -0.39 is 19.8 Å². The van der Waals surface area contributed by atoms with Gasteiger partial charge in [-0.1, -0.05) is 30.3 Å². The third-order valence-corrected chi connectivity index (χ3v) is 8.94. The third-order valence-electron chi connectivity index (χ3n) is 7.64. The molecule has 1 heterocycles. The van der Waals surface area contributed by atoms with E-state index in [9.17, 15) is 34.5 Å². The number of hydrogen-bond acceptors (Lipinski definition) is 11. The normalized spacial score (nSPS) is 12.9. The van der Waals surface area contributed by atoms with E-state index in [1.54, 1.807) is 62.4 Å². The van der Waals surface area contributed by atoms with Crippen LogP contribution in [0.4, 0.5) is 0 Å². The number of esters is 1. The molecule has 1 unspecified atom stereocenters. The number of aromatic hydroxyl groups is 1. The van der Waals surface area contributed by atoms with E-state index in [0.29, 0.717) is 62.8 Å². The van der Waals surface area contributed by atoms with Crippen molar-refractivity contribution in [1.82, 2.24) is 0 Å². The molecule has 0 aliphatic heterocycles. The van der Waals surface area contributed by atoms with Crippen LogP contribution in [0.15, 0.2) is 78.9 Å².